The van der Waals surface area contributed by atoms with Crippen LogP contribution in [0.5, 0.6) is 0 Å². The van der Waals surface area contributed by atoms with E-state index in [1.807, 2.05) is 45.3 Å². The highest BCUT2D eigenvalue weighted by Crippen LogP contribution is 2.15. The molecule has 0 spiro atoms. The van der Waals surface area contributed by atoms with E-state index in [1.165, 1.54) is 0 Å². The van der Waals surface area contributed by atoms with E-state index in [-0.39, 0.29) is 11.1 Å². The van der Waals surface area contributed by atoms with Crippen LogP contribution in [0.2, 0.25) is 0 Å². The highest BCUT2D eigenvalue weighted by molar-refractivity contribution is 5.88. The summed E-state index contributed by atoms with van der Waals surface area (Å²) in [6.07, 6.45) is 3.90. The third-order valence-corrected chi connectivity index (χ3v) is 4.87. The topological polar surface area (TPSA) is 112 Å². The van der Waals surface area contributed by atoms with Gasteiger partial charge in [0, 0.05) is 23.5 Å². The molecule has 1 aromatic heterocycles. The Hall–Kier alpha value is -4.15. The number of anilines is 2. The molecule has 164 valence electrons. The van der Waals surface area contributed by atoms with Crippen LogP contribution in [0.3, 0.4) is 0 Å². The minimum absolute atomic E-state index is 0.226. The van der Waals surface area contributed by atoms with Gasteiger partial charge in [-0.3, -0.25) is 0 Å². The van der Waals surface area contributed by atoms with Crippen LogP contribution in [-0.4, -0.2) is 52.2 Å². The first-order valence-electron chi connectivity index (χ1n) is 9.89. The molecule has 3 aromatic rings. The van der Waals surface area contributed by atoms with Crippen molar-refractivity contribution in [3.8, 4) is 0 Å². The summed E-state index contributed by atoms with van der Waals surface area (Å²) >= 11 is 0. The van der Waals surface area contributed by atoms with E-state index in [2.05, 4.69) is 15.9 Å². The van der Waals surface area contributed by atoms with Crippen molar-refractivity contribution in [2.75, 3.05) is 35.9 Å². The number of nitrogens with one attached hydrogen (secondary N) is 2. The number of rotatable bonds is 7. The van der Waals surface area contributed by atoms with Crippen LogP contribution >= 0.6 is 0 Å². The van der Waals surface area contributed by atoms with E-state index in [0.29, 0.717) is 20.0 Å². The Morgan fingerprint density at radius 3 is 1.53 bits per heavy atom. The summed E-state index contributed by atoms with van der Waals surface area (Å²) < 4.78 is 1.98. The lowest BCUT2D eigenvalue weighted by Gasteiger charge is -2.39. The number of carboxylic acid groups (broad SMARTS) is 2. The van der Waals surface area contributed by atoms with E-state index in [0.717, 1.165) is 11.4 Å². The lowest BCUT2D eigenvalue weighted by molar-refractivity contribution is -0.699. The van der Waals surface area contributed by atoms with Crippen LogP contribution in [0.4, 0.5) is 11.4 Å². The van der Waals surface area contributed by atoms with Gasteiger partial charge in [-0.05, 0) is 48.5 Å². The maximum absolute atomic E-state index is 11.1. The lowest BCUT2D eigenvalue weighted by atomic mass is 10.2. The van der Waals surface area contributed by atoms with E-state index in [1.54, 1.807) is 48.5 Å². The highest BCUT2D eigenvalue weighted by Gasteiger charge is 2.28. The summed E-state index contributed by atoms with van der Waals surface area (Å²) in [5.74, 6) is -1.93. The Morgan fingerprint density at radius 1 is 0.688 bits per heavy atom. The second kappa shape index (κ2) is 9.33. The number of hydrogen-bond donors (Lipinski definition) is 4. The van der Waals surface area contributed by atoms with Crippen LogP contribution in [0.1, 0.15) is 20.7 Å². The average molecular weight is 435 g/mol. The molecule has 10 nitrogen and oxygen atoms in total. The van der Waals surface area contributed by atoms with E-state index < -0.39 is 11.9 Å². The maximum atomic E-state index is 11.1. The van der Waals surface area contributed by atoms with Crippen molar-refractivity contribution in [3.05, 3.63) is 90.3 Å². The lowest BCUT2D eigenvalue weighted by Crippen LogP contribution is -2.70. The summed E-state index contributed by atoms with van der Waals surface area (Å²) in [5, 5.41) is 24.2. The molecule has 0 saturated carbocycles. The van der Waals surface area contributed by atoms with E-state index >= 15 is 0 Å². The second-order valence-corrected chi connectivity index (χ2v) is 7.25. The zero-order chi connectivity index (χ0) is 22.5. The molecule has 1 fully saturated rings. The molecule has 2 heterocycles. The van der Waals surface area contributed by atoms with E-state index in [4.69, 9.17) is 10.2 Å². The third-order valence-electron chi connectivity index (χ3n) is 4.87. The van der Waals surface area contributed by atoms with Gasteiger partial charge in [-0.15, -0.1) is 5.01 Å². The van der Waals surface area contributed by atoms with Gasteiger partial charge in [-0.1, -0.05) is 10.7 Å². The van der Waals surface area contributed by atoms with Crippen LogP contribution in [0, 0.1) is 0 Å². The summed E-state index contributed by atoms with van der Waals surface area (Å²) in [5.41, 5.74) is 8.61. The number of carbonyl (C=O) groups is 2. The van der Waals surface area contributed by atoms with E-state index in [9.17, 15) is 9.59 Å². The number of benzene rings is 2. The molecule has 32 heavy (non-hydrogen) atoms. The van der Waals surface area contributed by atoms with Crippen molar-refractivity contribution in [3.63, 3.8) is 0 Å². The molecule has 4 rings (SSSR count). The normalized spacial score (nSPS) is 14.7. The highest BCUT2D eigenvalue weighted by atomic mass is 16.4. The van der Waals surface area contributed by atoms with Crippen LogP contribution in [-0.2, 0) is 0 Å². The predicted octanol–water partition coefficient (Wildman–Crippen LogP) is 1.85. The van der Waals surface area contributed by atoms with Crippen molar-refractivity contribution in [2.45, 2.75) is 0 Å². The smallest absolute Gasteiger partial charge is 0.335 e. The van der Waals surface area contributed by atoms with Gasteiger partial charge in [0.2, 0.25) is 0 Å². The monoisotopic (exact) mass is 435 g/mol. The third kappa shape index (κ3) is 5.12. The summed E-state index contributed by atoms with van der Waals surface area (Å²) in [4.78, 5) is 22.2. The number of hydrazine groups is 2. The molecule has 0 unspecified atom stereocenters. The number of aromatic nitrogens is 1. The molecule has 0 bridgehead atoms. The number of hydrogen-bond acceptors (Lipinski definition) is 7. The van der Waals surface area contributed by atoms with Crippen molar-refractivity contribution in [2.24, 2.45) is 0 Å². The zero-order valence-corrected chi connectivity index (χ0v) is 17.1. The molecule has 4 N–H and O–H groups in total. The molecule has 0 aliphatic carbocycles. The molecular weight excluding hydrogens is 412 g/mol. The fraction of sp³-hybridized carbons (Fsp3) is 0.136. The van der Waals surface area contributed by atoms with Crippen molar-refractivity contribution in [1.29, 1.82) is 0 Å². The van der Waals surface area contributed by atoms with Gasteiger partial charge in [-0.25, -0.2) is 9.59 Å². The van der Waals surface area contributed by atoms with Gasteiger partial charge < -0.3 is 21.1 Å². The number of nitrogens with zero attached hydrogens (tertiary/aromatic N) is 4. The summed E-state index contributed by atoms with van der Waals surface area (Å²) in [7, 11) is 0. The predicted molar refractivity (Wildman–Crippen MR) is 117 cm³/mol. The van der Waals surface area contributed by atoms with Crippen molar-refractivity contribution >= 4 is 23.3 Å². The first kappa shape index (κ1) is 21.1. The van der Waals surface area contributed by atoms with Gasteiger partial charge in [0.05, 0.1) is 17.8 Å². The molecule has 1 saturated heterocycles. The first-order chi connectivity index (χ1) is 15.5. The van der Waals surface area contributed by atoms with Crippen molar-refractivity contribution in [1.82, 2.24) is 10.0 Å². The van der Waals surface area contributed by atoms with Crippen LogP contribution in [0.25, 0.3) is 0 Å². The fourth-order valence-electron chi connectivity index (χ4n) is 3.34. The largest absolute Gasteiger partial charge is 0.478 e. The fourth-order valence-corrected chi connectivity index (χ4v) is 3.34. The first-order valence-corrected chi connectivity index (χ1v) is 9.89. The Bertz CT molecular complexity index is 1010. The summed E-state index contributed by atoms with van der Waals surface area (Å²) in [6, 6.07) is 18.9. The Kier molecular flexibility index (Phi) is 6.15. The maximum Gasteiger partial charge on any atom is 0.335 e. The zero-order valence-electron chi connectivity index (χ0n) is 17.1. The van der Waals surface area contributed by atoms with Gasteiger partial charge in [0.1, 0.15) is 13.3 Å². The molecule has 0 radical (unpaired) electrons. The molecule has 10 heteroatoms. The Balaban J connectivity index is 1.50. The van der Waals surface area contributed by atoms with Gasteiger partial charge in [0.15, 0.2) is 12.4 Å². The number of carboxylic acids is 2. The standard InChI is InChI=1S/C22H22N6O4/c29-21(30)17-4-8-19(9-5-17)23-25-14-26(16-28(15-25)27-12-2-1-3-13-27)24-20-10-6-18(7-11-20)22(31)32/h1-13,23-24H,14-16H2,(H-,29,30,31,32)/p+1. The average Bonchev–Trinajstić information content (AvgIpc) is 2.80. The second-order valence-electron chi connectivity index (χ2n) is 7.25. The molecule has 1 aliphatic heterocycles. The molecule has 2 aromatic carbocycles. The Labute approximate surface area is 184 Å². The summed E-state index contributed by atoms with van der Waals surface area (Å²) in [6.45, 7) is 1.63. The minimum Gasteiger partial charge on any atom is -0.478 e. The van der Waals surface area contributed by atoms with Crippen molar-refractivity contribution < 1.29 is 24.5 Å². The number of aromatic carboxylic acids is 2. The quantitative estimate of drug-likeness (QED) is 0.413. The van der Waals surface area contributed by atoms with Gasteiger partial charge in [0.25, 0.3) is 0 Å². The van der Waals surface area contributed by atoms with Gasteiger partial charge >= 0.3 is 11.9 Å². The van der Waals surface area contributed by atoms with Crippen LogP contribution < -0.4 is 20.5 Å². The Morgan fingerprint density at radius 2 is 1.12 bits per heavy atom. The molecular formula is C22H23N6O4+. The van der Waals surface area contributed by atoms with Crippen LogP contribution in [0.15, 0.2) is 79.1 Å². The number of pyridine rings is 1. The minimum atomic E-state index is -0.967. The molecule has 1 aliphatic rings. The molecule has 0 atom stereocenters. The molecule has 0 amide bonds. The SMILES string of the molecule is O=C(O)c1ccc(NN2CN(Nc3ccc(C(=O)O)cc3)CN([n+]3ccccc3)C2)cc1. The van der Waals surface area contributed by atoms with Gasteiger partial charge in [-0.2, -0.15) is 10.0 Å².